The molecule has 0 amide bonds. The van der Waals surface area contributed by atoms with E-state index in [1.54, 1.807) is 13.0 Å². The zero-order valence-corrected chi connectivity index (χ0v) is 13.7. The summed E-state index contributed by atoms with van der Waals surface area (Å²) in [4.78, 5) is 0. The molecule has 1 unspecified atom stereocenters. The minimum atomic E-state index is -0.868. The van der Waals surface area contributed by atoms with Crippen LogP contribution in [-0.4, -0.2) is 21.9 Å². The maximum atomic E-state index is 10.4. The molecular formula is C18H32O2. The Balaban J connectivity index is 4.77. The van der Waals surface area contributed by atoms with Gasteiger partial charge in [-0.1, -0.05) is 58.3 Å². The summed E-state index contributed by atoms with van der Waals surface area (Å²) in [7, 11) is 0. The third-order valence-electron chi connectivity index (χ3n) is 3.50. The highest BCUT2D eigenvalue weighted by molar-refractivity contribution is 5.27. The third-order valence-corrected chi connectivity index (χ3v) is 3.50. The summed E-state index contributed by atoms with van der Waals surface area (Å²) in [5.74, 6) is 5.97. The molecule has 2 nitrogen and oxygen atoms in total. The summed E-state index contributed by atoms with van der Waals surface area (Å²) >= 11 is 0. The van der Waals surface area contributed by atoms with Crippen LogP contribution in [0.15, 0.2) is 11.6 Å². The Hall–Kier alpha value is -0.780. The van der Waals surface area contributed by atoms with E-state index in [0.717, 1.165) is 31.3 Å². The van der Waals surface area contributed by atoms with E-state index >= 15 is 0 Å². The van der Waals surface area contributed by atoms with Crippen molar-refractivity contribution < 1.29 is 10.2 Å². The first-order chi connectivity index (χ1) is 9.49. The normalized spacial score (nSPS) is 13.8. The number of hydrogen-bond donors (Lipinski definition) is 2. The Kier molecular flexibility index (Phi) is 10.5. The molecule has 1 atom stereocenters. The molecule has 0 heterocycles. The Morgan fingerprint density at radius 2 is 1.70 bits per heavy atom. The van der Waals surface area contributed by atoms with Crippen molar-refractivity contribution in [1.82, 2.24) is 0 Å². The van der Waals surface area contributed by atoms with Crippen molar-refractivity contribution in [2.75, 3.05) is 0 Å². The van der Waals surface area contributed by atoms with Crippen molar-refractivity contribution >= 4 is 0 Å². The van der Waals surface area contributed by atoms with Gasteiger partial charge >= 0.3 is 0 Å². The van der Waals surface area contributed by atoms with Crippen LogP contribution in [-0.2, 0) is 0 Å². The Labute approximate surface area is 125 Å². The summed E-state index contributed by atoms with van der Waals surface area (Å²) in [6, 6.07) is 0. The van der Waals surface area contributed by atoms with Crippen molar-refractivity contribution in [2.24, 2.45) is 0 Å². The number of aliphatic hydroxyl groups is 2. The lowest BCUT2D eigenvalue weighted by atomic mass is 9.93. The first-order valence-electron chi connectivity index (χ1n) is 8.11. The first kappa shape index (κ1) is 19.2. The van der Waals surface area contributed by atoms with Gasteiger partial charge in [-0.05, 0) is 44.3 Å². The highest BCUT2D eigenvalue weighted by atomic mass is 16.3. The van der Waals surface area contributed by atoms with Gasteiger partial charge in [0.2, 0.25) is 0 Å². The molecule has 0 aromatic rings. The van der Waals surface area contributed by atoms with E-state index in [0.29, 0.717) is 12.8 Å². The van der Waals surface area contributed by atoms with Crippen molar-refractivity contribution in [3.05, 3.63) is 11.6 Å². The average molecular weight is 280 g/mol. The van der Waals surface area contributed by atoms with Crippen LogP contribution in [0.4, 0.5) is 0 Å². The predicted octanol–water partition coefficient (Wildman–Crippen LogP) is 4.21. The lowest BCUT2D eigenvalue weighted by molar-refractivity contribution is 0.0807. The molecule has 2 heteroatoms. The minimum Gasteiger partial charge on any atom is -0.389 e. The molecule has 0 spiro atoms. The molecule has 0 saturated heterocycles. The molecule has 0 aromatic carbocycles. The van der Waals surface area contributed by atoms with Gasteiger partial charge in [0.25, 0.3) is 0 Å². The van der Waals surface area contributed by atoms with E-state index in [1.807, 2.05) is 0 Å². The van der Waals surface area contributed by atoms with Gasteiger partial charge in [-0.25, -0.2) is 0 Å². The Morgan fingerprint density at radius 3 is 2.15 bits per heavy atom. The molecule has 0 aliphatic rings. The fourth-order valence-electron chi connectivity index (χ4n) is 2.32. The van der Waals surface area contributed by atoms with Gasteiger partial charge in [0.15, 0.2) is 0 Å². The number of allylic oxidation sites excluding steroid dienone is 1. The second-order valence-corrected chi connectivity index (χ2v) is 5.65. The molecule has 0 radical (unpaired) electrons. The molecule has 0 aromatic heterocycles. The monoisotopic (exact) mass is 280 g/mol. The van der Waals surface area contributed by atoms with Gasteiger partial charge in [-0.3, -0.25) is 0 Å². The van der Waals surface area contributed by atoms with Gasteiger partial charge in [0.05, 0.1) is 6.10 Å². The van der Waals surface area contributed by atoms with Crippen LogP contribution in [0.3, 0.4) is 0 Å². The number of rotatable bonds is 9. The highest BCUT2D eigenvalue weighted by Gasteiger charge is 2.21. The van der Waals surface area contributed by atoms with Crippen LogP contribution >= 0.6 is 0 Å². The van der Waals surface area contributed by atoms with Gasteiger partial charge in [-0.15, -0.1) is 0 Å². The van der Waals surface area contributed by atoms with Crippen molar-refractivity contribution in [2.45, 2.75) is 90.8 Å². The van der Waals surface area contributed by atoms with Crippen molar-refractivity contribution in [1.29, 1.82) is 0 Å². The molecule has 0 bridgehead atoms. The number of aliphatic hydroxyl groups excluding tert-OH is 1. The second-order valence-electron chi connectivity index (χ2n) is 5.65. The number of hydrogen-bond acceptors (Lipinski definition) is 2. The zero-order valence-electron chi connectivity index (χ0n) is 13.7. The summed E-state index contributed by atoms with van der Waals surface area (Å²) in [5, 5.41) is 20.2. The van der Waals surface area contributed by atoms with Gasteiger partial charge in [-0.2, -0.15) is 0 Å². The standard InChI is InChI=1S/C18H32O2/c1-5-8-9-11-17(16(4)19)12-10-15-18(20,13-6-2)14-7-3/h12,16,19-20H,5-9,11,13-14H2,1-4H3/b17-12-. The topological polar surface area (TPSA) is 40.5 Å². The summed E-state index contributed by atoms with van der Waals surface area (Å²) < 4.78 is 0. The minimum absolute atomic E-state index is 0.452. The fraction of sp³-hybridized carbons (Fsp3) is 0.778. The summed E-state index contributed by atoms with van der Waals surface area (Å²) in [6.45, 7) is 8.07. The third kappa shape index (κ3) is 8.40. The first-order valence-corrected chi connectivity index (χ1v) is 8.11. The quantitative estimate of drug-likeness (QED) is 0.490. The van der Waals surface area contributed by atoms with Crippen LogP contribution < -0.4 is 0 Å². The summed E-state index contributed by atoms with van der Waals surface area (Å²) in [6.07, 6.45) is 8.94. The fourth-order valence-corrected chi connectivity index (χ4v) is 2.32. The largest absolute Gasteiger partial charge is 0.389 e. The van der Waals surface area contributed by atoms with Crippen molar-refractivity contribution in [3.8, 4) is 11.8 Å². The average Bonchev–Trinajstić information content (AvgIpc) is 2.37. The van der Waals surface area contributed by atoms with Crippen LogP contribution in [0, 0.1) is 11.8 Å². The van der Waals surface area contributed by atoms with Gasteiger partial charge in [0, 0.05) is 0 Å². The Morgan fingerprint density at radius 1 is 1.10 bits per heavy atom. The molecular weight excluding hydrogens is 248 g/mol. The van der Waals surface area contributed by atoms with E-state index in [1.165, 1.54) is 12.8 Å². The van der Waals surface area contributed by atoms with Crippen LogP contribution in [0.2, 0.25) is 0 Å². The van der Waals surface area contributed by atoms with Crippen LogP contribution in [0.25, 0.3) is 0 Å². The maximum Gasteiger partial charge on any atom is 0.125 e. The molecule has 116 valence electrons. The molecule has 0 fully saturated rings. The SMILES string of the molecule is CCCCC/C(=C/C#CC(O)(CCC)CCC)C(C)O. The summed E-state index contributed by atoms with van der Waals surface area (Å²) in [5.41, 5.74) is 0.106. The van der Waals surface area contributed by atoms with E-state index in [9.17, 15) is 10.2 Å². The van der Waals surface area contributed by atoms with E-state index in [2.05, 4.69) is 32.6 Å². The van der Waals surface area contributed by atoms with Crippen LogP contribution in [0.5, 0.6) is 0 Å². The molecule has 0 saturated carbocycles. The molecule has 0 rings (SSSR count). The Bertz CT molecular complexity index is 325. The van der Waals surface area contributed by atoms with E-state index in [4.69, 9.17) is 0 Å². The second kappa shape index (κ2) is 10.9. The lowest BCUT2D eigenvalue weighted by Crippen LogP contribution is -2.25. The van der Waals surface area contributed by atoms with Gasteiger partial charge < -0.3 is 10.2 Å². The number of unbranched alkanes of at least 4 members (excludes halogenated alkanes) is 2. The predicted molar refractivity (Wildman–Crippen MR) is 86.4 cm³/mol. The molecule has 0 aliphatic heterocycles. The maximum absolute atomic E-state index is 10.4. The molecule has 20 heavy (non-hydrogen) atoms. The van der Waals surface area contributed by atoms with Crippen molar-refractivity contribution in [3.63, 3.8) is 0 Å². The lowest BCUT2D eigenvalue weighted by Gasteiger charge is -2.20. The van der Waals surface area contributed by atoms with E-state index in [-0.39, 0.29) is 0 Å². The molecule has 2 N–H and O–H groups in total. The van der Waals surface area contributed by atoms with E-state index < -0.39 is 11.7 Å². The zero-order chi connectivity index (χ0) is 15.4. The van der Waals surface area contributed by atoms with Gasteiger partial charge in [0.1, 0.15) is 5.60 Å². The molecule has 0 aliphatic carbocycles. The van der Waals surface area contributed by atoms with Crippen LogP contribution in [0.1, 0.15) is 79.1 Å². The highest BCUT2D eigenvalue weighted by Crippen LogP contribution is 2.18. The smallest absolute Gasteiger partial charge is 0.125 e.